The minimum absolute atomic E-state index is 0.174. The molecule has 2 aromatic rings. The first-order chi connectivity index (χ1) is 10.2. The van der Waals surface area contributed by atoms with Crippen LogP contribution in [-0.4, -0.2) is 40.1 Å². The van der Waals surface area contributed by atoms with Gasteiger partial charge in [-0.15, -0.1) is 0 Å². The highest BCUT2D eigenvalue weighted by molar-refractivity contribution is 5.75. The van der Waals surface area contributed by atoms with E-state index in [-0.39, 0.29) is 6.04 Å². The molecule has 1 aromatic heterocycles. The van der Waals surface area contributed by atoms with Gasteiger partial charge >= 0.3 is 0 Å². The van der Waals surface area contributed by atoms with E-state index in [0.717, 1.165) is 50.4 Å². The summed E-state index contributed by atoms with van der Waals surface area (Å²) in [5.74, 6) is 1.12. The topological polar surface area (TPSA) is 47.1 Å². The molecule has 0 aliphatic heterocycles. The largest absolute Gasteiger partial charge is 0.328 e. The monoisotopic (exact) mass is 288 g/mol. The molecule has 4 heteroatoms. The Morgan fingerprint density at radius 3 is 2.57 bits per heavy atom. The van der Waals surface area contributed by atoms with Gasteiger partial charge < -0.3 is 15.2 Å². The highest BCUT2D eigenvalue weighted by atomic mass is 15.1. The molecule has 0 spiro atoms. The number of aryl methyl sites for hydroxylation is 1. The van der Waals surface area contributed by atoms with E-state index in [2.05, 4.69) is 48.4 Å². The summed E-state index contributed by atoms with van der Waals surface area (Å²) in [5, 5.41) is 0. The lowest BCUT2D eigenvalue weighted by Crippen LogP contribution is -2.32. The molecule has 0 amide bonds. The van der Waals surface area contributed by atoms with Crippen molar-refractivity contribution in [3.8, 4) is 0 Å². The van der Waals surface area contributed by atoms with E-state index in [0.29, 0.717) is 0 Å². The van der Waals surface area contributed by atoms with Gasteiger partial charge in [-0.3, -0.25) is 0 Å². The van der Waals surface area contributed by atoms with E-state index in [1.165, 1.54) is 5.52 Å². The van der Waals surface area contributed by atoms with Crippen molar-refractivity contribution in [1.29, 1.82) is 0 Å². The summed E-state index contributed by atoms with van der Waals surface area (Å²) in [5.41, 5.74) is 8.62. The van der Waals surface area contributed by atoms with Crippen molar-refractivity contribution in [2.45, 2.75) is 46.2 Å². The summed E-state index contributed by atoms with van der Waals surface area (Å²) < 4.78 is 2.28. The summed E-state index contributed by atoms with van der Waals surface area (Å²) >= 11 is 0. The number of imidazole rings is 1. The molecule has 1 aromatic carbocycles. The van der Waals surface area contributed by atoms with Crippen LogP contribution in [-0.2, 0) is 13.0 Å². The van der Waals surface area contributed by atoms with E-state index in [9.17, 15) is 0 Å². The summed E-state index contributed by atoms with van der Waals surface area (Å²) in [4.78, 5) is 7.18. The number of fused-ring (bicyclic) bond motifs is 1. The van der Waals surface area contributed by atoms with Gasteiger partial charge in [0.1, 0.15) is 5.82 Å². The first-order valence-electron chi connectivity index (χ1n) is 8.11. The minimum Gasteiger partial charge on any atom is -0.328 e. The molecule has 0 saturated carbocycles. The van der Waals surface area contributed by atoms with Crippen LogP contribution in [0.4, 0.5) is 0 Å². The highest BCUT2D eigenvalue weighted by Crippen LogP contribution is 2.17. The van der Waals surface area contributed by atoms with Gasteiger partial charge in [-0.25, -0.2) is 4.98 Å². The maximum absolute atomic E-state index is 6.33. The molecule has 0 bridgehead atoms. The summed E-state index contributed by atoms with van der Waals surface area (Å²) in [6, 6.07) is 8.50. The molecule has 1 heterocycles. The van der Waals surface area contributed by atoms with E-state index in [1.54, 1.807) is 0 Å². The van der Waals surface area contributed by atoms with Crippen LogP contribution in [0.2, 0.25) is 0 Å². The van der Waals surface area contributed by atoms with Crippen LogP contribution < -0.4 is 5.73 Å². The van der Waals surface area contributed by atoms with Crippen molar-refractivity contribution in [3.05, 3.63) is 30.1 Å². The molecule has 1 unspecified atom stereocenters. The van der Waals surface area contributed by atoms with Crippen LogP contribution in [0.5, 0.6) is 0 Å². The molecule has 0 aliphatic carbocycles. The molecule has 0 fully saturated rings. The van der Waals surface area contributed by atoms with Gasteiger partial charge in [-0.2, -0.15) is 0 Å². The van der Waals surface area contributed by atoms with Gasteiger partial charge in [-0.05, 0) is 45.1 Å². The number of hydrogen-bond acceptors (Lipinski definition) is 3. The Morgan fingerprint density at radius 2 is 1.90 bits per heavy atom. The van der Waals surface area contributed by atoms with Crippen molar-refractivity contribution in [3.63, 3.8) is 0 Å². The lowest BCUT2D eigenvalue weighted by atomic mass is 10.1. The molecule has 1 atom stereocenters. The molecule has 0 aliphatic rings. The number of nitrogens with zero attached hydrogens (tertiary/aromatic N) is 3. The van der Waals surface area contributed by atoms with Gasteiger partial charge in [0.25, 0.3) is 0 Å². The Balaban J connectivity index is 2.05. The summed E-state index contributed by atoms with van der Waals surface area (Å²) in [6.45, 7) is 10.8. The fraction of sp³-hybridized carbons (Fsp3) is 0.588. The third-order valence-corrected chi connectivity index (χ3v) is 4.21. The fourth-order valence-electron chi connectivity index (χ4n) is 2.86. The molecule has 2 rings (SSSR count). The van der Waals surface area contributed by atoms with Crippen LogP contribution in [0.15, 0.2) is 24.3 Å². The molecule has 2 N–H and O–H groups in total. The zero-order valence-electron chi connectivity index (χ0n) is 13.5. The van der Waals surface area contributed by atoms with Crippen molar-refractivity contribution in [1.82, 2.24) is 14.5 Å². The molecule has 4 nitrogen and oxygen atoms in total. The van der Waals surface area contributed by atoms with Crippen LogP contribution in [0.3, 0.4) is 0 Å². The quantitative estimate of drug-likeness (QED) is 0.812. The van der Waals surface area contributed by atoms with Crippen molar-refractivity contribution in [2.75, 3.05) is 19.6 Å². The maximum Gasteiger partial charge on any atom is 0.111 e. The molecular weight excluding hydrogens is 260 g/mol. The second-order valence-electron chi connectivity index (χ2n) is 5.54. The van der Waals surface area contributed by atoms with Crippen LogP contribution >= 0.6 is 0 Å². The zero-order chi connectivity index (χ0) is 15.2. The number of rotatable bonds is 8. The Hall–Kier alpha value is -1.39. The molecular formula is C17H28N4. The smallest absolute Gasteiger partial charge is 0.111 e. The predicted molar refractivity (Wildman–Crippen MR) is 89.5 cm³/mol. The Kier molecular flexibility index (Phi) is 5.76. The normalized spacial score (nSPS) is 13.2. The van der Waals surface area contributed by atoms with Crippen molar-refractivity contribution >= 4 is 11.0 Å². The third-order valence-electron chi connectivity index (χ3n) is 4.21. The van der Waals surface area contributed by atoms with Crippen molar-refractivity contribution in [2.24, 2.45) is 5.73 Å². The van der Waals surface area contributed by atoms with Crippen LogP contribution in [0.25, 0.3) is 11.0 Å². The number of hydrogen-bond donors (Lipinski definition) is 1. The van der Waals surface area contributed by atoms with Crippen LogP contribution in [0.1, 0.15) is 33.0 Å². The molecule has 116 valence electrons. The van der Waals surface area contributed by atoms with Gasteiger partial charge in [0.2, 0.25) is 0 Å². The average Bonchev–Trinajstić information content (AvgIpc) is 2.85. The lowest BCUT2D eigenvalue weighted by Gasteiger charge is -2.20. The van der Waals surface area contributed by atoms with Gasteiger partial charge in [0.05, 0.1) is 11.0 Å². The Morgan fingerprint density at radius 1 is 1.19 bits per heavy atom. The average molecular weight is 288 g/mol. The second-order valence-corrected chi connectivity index (χ2v) is 5.54. The fourth-order valence-corrected chi connectivity index (χ4v) is 2.86. The molecule has 21 heavy (non-hydrogen) atoms. The highest BCUT2D eigenvalue weighted by Gasteiger charge is 2.13. The lowest BCUT2D eigenvalue weighted by molar-refractivity contribution is 0.289. The molecule has 0 radical (unpaired) electrons. The van der Waals surface area contributed by atoms with Crippen molar-refractivity contribution < 1.29 is 0 Å². The predicted octanol–water partition coefficient (Wildman–Crippen LogP) is 2.66. The van der Waals surface area contributed by atoms with E-state index < -0.39 is 0 Å². The summed E-state index contributed by atoms with van der Waals surface area (Å²) in [6.07, 6.45) is 1.87. The van der Waals surface area contributed by atoms with E-state index >= 15 is 0 Å². The summed E-state index contributed by atoms with van der Waals surface area (Å²) in [7, 11) is 0. The van der Waals surface area contributed by atoms with Gasteiger partial charge in [0, 0.05) is 19.0 Å². The Bertz CT molecular complexity index is 557. The second kappa shape index (κ2) is 7.57. The van der Waals surface area contributed by atoms with E-state index in [1.807, 2.05) is 6.07 Å². The zero-order valence-corrected chi connectivity index (χ0v) is 13.5. The Labute approximate surface area is 128 Å². The number of aromatic nitrogens is 2. The minimum atomic E-state index is 0.174. The first-order valence-corrected chi connectivity index (χ1v) is 8.11. The third kappa shape index (κ3) is 3.83. The van der Waals surface area contributed by atoms with Gasteiger partial charge in [0.15, 0.2) is 0 Å². The first kappa shape index (κ1) is 16.0. The van der Waals surface area contributed by atoms with E-state index in [4.69, 9.17) is 10.7 Å². The number of para-hydroxylation sites is 2. The SMILES string of the molecule is CCN(CC)CCC(N)Cc1nc2ccccc2n1CC. The maximum atomic E-state index is 6.33. The standard InChI is InChI=1S/C17H28N4/c1-4-20(5-2)12-11-14(18)13-17-19-15-9-7-8-10-16(15)21(17)6-3/h7-10,14H,4-6,11-13,18H2,1-3H3. The number of benzene rings is 1. The molecule has 0 saturated heterocycles. The number of nitrogens with two attached hydrogens (primary N) is 1. The van der Waals surface area contributed by atoms with Gasteiger partial charge in [-0.1, -0.05) is 26.0 Å². The van der Waals surface area contributed by atoms with Crippen LogP contribution in [0, 0.1) is 0 Å².